The van der Waals surface area contributed by atoms with E-state index in [0.717, 1.165) is 194 Å². The van der Waals surface area contributed by atoms with E-state index in [1.807, 2.05) is 72.0 Å². The highest BCUT2D eigenvalue weighted by molar-refractivity contribution is 7.27. The topological polar surface area (TPSA) is 105 Å². The molecule has 22 aromatic carbocycles. The molecule has 7 aromatic heterocycles. The predicted molar refractivity (Wildman–Crippen MR) is 592 cm³/mol. The number of rotatable bonds is 14. The van der Waals surface area contributed by atoms with Gasteiger partial charge in [0.1, 0.15) is 0 Å². The van der Waals surface area contributed by atoms with Gasteiger partial charge < -0.3 is 9.13 Å². The first-order valence-corrected chi connectivity index (χ1v) is 48.9. The molecule has 29 rings (SSSR count). The molecule has 0 spiro atoms. The summed E-state index contributed by atoms with van der Waals surface area (Å²) in [6, 6.07) is 171. The number of benzene rings is 22. The normalized spacial score (nSPS) is 11.9. The molecule has 29 aromatic rings. The lowest BCUT2D eigenvalue weighted by Gasteiger charge is -2.17. The van der Waals surface area contributed by atoms with E-state index < -0.39 is 0 Å². The van der Waals surface area contributed by atoms with Crippen molar-refractivity contribution >= 4 is 162 Å². The summed E-state index contributed by atoms with van der Waals surface area (Å²) in [5.74, 6) is 3.11. The number of aromatic nitrogens is 10. The summed E-state index contributed by atoms with van der Waals surface area (Å²) in [6.07, 6.45) is 0. The van der Waals surface area contributed by atoms with E-state index in [4.69, 9.17) is 34.9 Å². The van der Waals surface area contributed by atoms with Gasteiger partial charge in [0.05, 0.1) is 60.4 Å². The average Bonchev–Trinajstić information content (AvgIpc) is 1.53. The van der Waals surface area contributed by atoms with E-state index >= 15 is 0 Å². The maximum atomic E-state index is 5.88. The Labute approximate surface area is 818 Å². The van der Waals surface area contributed by atoms with Crippen molar-refractivity contribution < 1.29 is 0 Å². The summed E-state index contributed by atoms with van der Waals surface area (Å²) in [6.45, 7) is 0. The third kappa shape index (κ3) is 13.1. The van der Waals surface area contributed by atoms with E-state index in [1.54, 1.807) is 0 Å². The van der Waals surface area contributed by atoms with Gasteiger partial charge in [0.15, 0.2) is 23.3 Å². The first-order valence-electron chi connectivity index (χ1n) is 48.1. The Bertz CT molecular complexity index is 10200. The van der Waals surface area contributed by atoms with Gasteiger partial charge >= 0.3 is 0 Å². The summed E-state index contributed by atoms with van der Waals surface area (Å²) < 4.78 is 9.72. The van der Waals surface area contributed by atoms with Crippen LogP contribution < -0.4 is 0 Å². The van der Waals surface area contributed by atoms with Crippen LogP contribution in [0.5, 0.6) is 0 Å². The van der Waals surface area contributed by atoms with Crippen molar-refractivity contribution in [2.45, 2.75) is 0 Å². The summed E-state index contributed by atoms with van der Waals surface area (Å²) in [4.78, 5) is 38.0. The van der Waals surface area contributed by atoms with Gasteiger partial charge in [-0.2, -0.15) is 0 Å². The van der Waals surface area contributed by atoms with Crippen LogP contribution in [0.2, 0.25) is 0 Å². The smallest absolute Gasteiger partial charge is 0.235 e. The Hall–Kier alpha value is -18.8. The SMILES string of the molecule is c1ccc(-c2cc(-c3ccccc3)nc(-c3cc(-n4c5ccccc5c5cc(-c6ccc7c8cc(-c9cccc(-c%10cccc(-c%11nc(-c%12ccccc%12)nc(-c%12ccccc%12)n%11)c%10)c9)ccc8c8ccccc8c7c6)ccc54)cc(-n4c5ccccc5c5cc(-c6cccc7c6ccc6c(-c8ccccc8)nc(-n8c9ccccc9c9c%10ccccc%10c%10c%11ccccc%11sc%10c98)nc67)ccc54)c3)n2)cc1. The lowest BCUT2D eigenvalue weighted by molar-refractivity contribution is 1.02. The molecule has 0 aliphatic carbocycles. The Morgan fingerprint density at radius 3 is 1.13 bits per heavy atom. The largest absolute Gasteiger partial charge is 0.309 e. The molecule has 0 fully saturated rings. The summed E-state index contributed by atoms with van der Waals surface area (Å²) >= 11 is 1.85. The molecule has 658 valence electrons. The van der Waals surface area contributed by atoms with Crippen LogP contribution in [0.3, 0.4) is 0 Å². The Morgan fingerprint density at radius 2 is 0.549 bits per heavy atom. The highest BCUT2D eigenvalue weighted by Gasteiger charge is 2.28. The molecule has 0 atom stereocenters. The van der Waals surface area contributed by atoms with E-state index in [-0.39, 0.29) is 0 Å². The molecule has 0 radical (unpaired) electrons. The predicted octanol–water partition coefficient (Wildman–Crippen LogP) is 34.4. The van der Waals surface area contributed by atoms with Gasteiger partial charge in [0.25, 0.3) is 0 Å². The number of fused-ring (bicyclic) bond motifs is 25. The molecule has 0 saturated carbocycles. The fourth-order valence-electron chi connectivity index (χ4n) is 22.3. The summed E-state index contributed by atoms with van der Waals surface area (Å²) in [5.41, 5.74) is 27.3. The fourth-order valence-corrected chi connectivity index (χ4v) is 23.6. The van der Waals surface area contributed by atoms with Crippen LogP contribution in [0.4, 0.5) is 0 Å². The third-order valence-corrected chi connectivity index (χ3v) is 30.0. The van der Waals surface area contributed by atoms with Gasteiger partial charge in [-0.15, -0.1) is 11.3 Å². The molecular formula is C131H78N10S. The average molecular weight is 1820 g/mol. The zero-order valence-electron chi connectivity index (χ0n) is 76.4. The molecule has 0 aliphatic rings. The molecule has 0 aliphatic heterocycles. The molecule has 0 saturated heterocycles. The second-order valence-corrected chi connectivity index (χ2v) is 37.9. The first kappa shape index (κ1) is 80.5. The second-order valence-electron chi connectivity index (χ2n) is 36.9. The zero-order valence-corrected chi connectivity index (χ0v) is 77.2. The molecule has 142 heavy (non-hydrogen) atoms. The van der Waals surface area contributed by atoms with E-state index in [0.29, 0.717) is 29.2 Å². The monoisotopic (exact) mass is 1820 g/mol. The highest BCUT2D eigenvalue weighted by Crippen LogP contribution is 2.51. The molecule has 0 N–H and O–H groups in total. The van der Waals surface area contributed by atoms with Gasteiger partial charge in [0, 0.05) is 109 Å². The quantitative estimate of drug-likeness (QED) is 0.0999. The Balaban J connectivity index is 0.568. The van der Waals surface area contributed by atoms with Gasteiger partial charge in [-0.1, -0.05) is 370 Å². The maximum absolute atomic E-state index is 5.88. The van der Waals surface area contributed by atoms with Crippen LogP contribution in [0.25, 0.3) is 292 Å². The minimum Gasteiger partial charge on any atom is -0.309 e. The number of nitrogens with zero attached hydrogens (tertiary/aromatic N) is 10. The van der Waals surface area contributed by atoms with E-state index in [9.17, 15) is 0 Å². The van der Waals surface area contributed by atoms with Gasteiger partial charge in [-0.3, -0.25) is 4.57 Å². The van der Waals surface area contributed by atoms with Crippen molar-refractivity contribution in [1.82, 2.24) is 48.6 Å². The molecule has 10 nitrogen and oxygen atoms in total. The second kappa shape index (κ2) is 32.4. The fraction of sp³-hybridized carbons (Fsp3) is 0. The zero-order chi connectivity index (χ0) is 93.1. The number of para-hydroxylation sites is 3. The van der Waals surface area contributed by atoms with Crippen molar-refractivity contribution in [2.75, 3.05) is 0 Å². The van der Waals surface area contributed by atoms with Crippen LogP contribution in [0.1, 0.15) is 0 Å². The minimum atomic E-state index is 0.609. The van der Waals surface area contributed by atoms with Crippen LogP contribution in [0.15, 0.2) is 473 Å². The maximum Gasteiger partial charge on any atom is 0.235 e. The molecule has 7 heterocycles. The lowest BCUT2D eigenvalue weighted by atomic mass is 9.90. The third-order valence-electron chi connectivity index (χ3n) is 28.8. The van der Waals surface area contributed by atoms with Gasteiger partial charge in [0.2, 0.25) is 5.95 Å². The molecular weight excluding hydrogens is 1750 g/mol. The van der Waals surface area contributed by atoms with Crippen molar-refractivity contribution in [3.05, 3.63) is 473 Å². The van der Waals surface area contributed by atoms with E-state index in [1.165, 1.54) is 68.6 Å². The number of hydrogen-bond donors (Lipinski definition) is 0. The number of hydrogen-bond acceptors (Lipinski definition) is 8. The van der Waals surface area contributed by atoms with E-state index in [2.05, 4.69) is 426 Å². The van der Waals surface area contributed by atoms with Crippen molar-refractivity contribution in [3.8, 4) is 141 Å². The van der Waals surface area contributed by atoms with Crippen LogP contribution in [0, 0.1) is 0 Å². The first-order chi connectivity index (χ1) is 70.4. The Morgan fingerprint density at radius 1 is 0.176 bits per heavy atom. The van der Waals surface area contributed by atoms with Crippen LogP contribution in [-0.4, -0.2) is 48.6 Å². The van der Waals surface area contributed by atoms with Crippen LogP contribution in [-0.2, 0) is 0 Å². The van der Waals surface area contributed by atoms with Crippen molar-refractivity contribution in [3.63, 3.8) is 0 Å². The van der Waals surface area contributed by atoms with Gasteiger partial charge in [-0.25, -0.2) is 34.9 Å². The Kier molecular flexibility index (Phi) is 18.4. The summed E-state index contributed by atoms with van der Waals surface area (Å²) in [7, 11) is 0. The van der Waals surface area contributed by atoms with Crippen molar-refractivity contribution in [1.29, 1.82) is 0 Å². The molecule has 0 unspecified atom stereocenters. The van der Waals surface area contributed by atoms with Crippen molar-refractivity contribution in [2.24, 2.45) is 0 Å². The molecule has 11 heteroatoms. The highest BCUT2D eigenvalue weighted by atomic mass is 32.1. The standard InChI is InChI=1S/C131H78N10S/c1-6-31-79(32-7-1)113-78-114(80-33-8-2-9-34-80)133-130(132-113)92-71-93(139-115-55-24-20-47-101(115)111-75-89(61-67-118(111)139)88-60-64-100-109(74-88)97-46-17-16-45-96(97)99-63-59-87(73-110(99)100)85-42-28-41-84(69-85)86-43-29-44-91(70-86)129-137-127(82-37-12-4-13-38-82)136-128(138-129)83-39-14-5-15-40-83)77-94(72-92)140-116-56-25-21-48-102(116)112-76-90(62-68-119(112)140)95-53-30-54-105-98(95)65-66-108-123(81-35-10-3-11-36-81)134-131(135-124(105)108)141-117-57-26-22-51-106(117)121-103-49-18-19-50-104(103)122-107-52-23-27-58-120(107)142-126(122)125(121)141/h1-78H. The lowest BCUT2D eigenvalue weighted by Crippen LogP contribution is -2.04. The molecule has 0 bridgehead atoms. The summed E-state index contributed by atoms with van der Waals surface area (Å²) in [5, 5.41) is 22.2. The minimum absolute atomic E-state index is 0.609. The van der Waals surface area contributed by atoms with Gasteiger partial charge in [-0.05, 0) is 196 Å². The number of thiophene rings is 1. The molecule has 0 amide bonds. The van der Waals surface area contributed by atoms with Crippen LogP contribution >= 0.6 is 11.3 Å².